The molecule has 0 bridgehead atoms. The van der Waals surface area contributed by atoms with Crippen LogP contribution in [0.25, 0.3) is 10.9 Å². The Morgan fingerprint density at radius 3 is 2.55 bits per heavy atom. The number of aryl methyl sites for hydroxylation is 1. The van der Waals surface area contributed by atoms with Crippen LogP contribution in [0, 0.1) is 6.92 Å². The number of unbranched alkanes of at least 4 members (excludes halogenated alkanes) is 3. The molecule has 0 saturated heterocycles. The summed E-state index contributed by atoms with van der Waals surface area (Å²) in [6, 6.07) is 24.6. The average Bonchev–Trinajstić information content (AvgIpc) is 3.11. The maximum Gasteiger partial charge on any atom is 0.0553 e. The molecular weight excluding hydrogens is 396 g/mol. The summed E-state index contributed by atoms with van der Waals surface area (Å²) < 4.78 is 0. The van der Waals surface area contributed by atoms with Crippen molar-refractivity contribution in [3.63, 3.8) is 0 Å². The molecule has 0 fully saturated rings. The number of nitrogens with zero attached hydrogens (tertiary/aromatic N) is 1. The van der Waals surface area contributed by atoms with Gasteiger partial charge < -0.3 is 9.88 Å². The van der Waals surface area contributed by atoms with Crippen LogP contribution < -0.4 is 4.90 Å². The lowest BCUT2D eigenvalue weighted by Gasteiger charge is -2.33. The summed E-state index contributed by atoms with van der Waals surface area (Å²) in [7, 11) is 0. The van der Waals surface area contributed by atoms with E-state index in [1.54, 1.807) is 0 Å². The molecule has 1 aromatic heterocycles. The minimum Gasteiger partial charge on any atom is -0.358 e. The fourth-order valence-electron chi connectivity index (χ4n) is 4.69. The van der Waals surface area contributed by atoms with Crippen LogP contribution in [0.4, 0.5) is 11.4 Å². The van der Waals surface area contributed by atoms with Crippen LogP contribution in [0.3, 0.4) is 0 Å². The van der Waals surface area contributed by atoms with E-state index in [2.05, 4.69) is 90.5 Å². The highest BCUT2D eigenvalue weighted by atomic mass is 32.2. The van der Waals surface area contributed by atoms with Crippen molar-refractivity contribution in [2.45, 2.75) is 55.7 Å². The fraction of sp³-hybridized carbons (Fsp3) is 0.286. The normalized spacial score (nSPS) is 12.8. The molecule has 1 N–H and O–H groups in total. The molecule has 2 heterocycles. The molecule has 0 unspecified atom stereocenters. The Labute approximate surface area is 189 Å². The van der Waals surface area contributed by atoms with Crippen LogP contribution in [-0.4, -0.2) is 11.5 Å². The predicted molar refractivity (Wildman–Crippen MR) is 134 cm³/mol. The van der Waals surface area contributed by atoms with Crippen molar-refractivity contribution < 1.29 is 0 Å². The van der Waals surface area contributed by atoms with Gasteiger partial charge in [-0.2, -0.15) is 0 Å². The van der Waals surface area contributed by atoms with Crippen LogP contribution in [-0.2, 0) is 6.42 Å². The number of hydrogen-bond donors (Lipinski definition) is 1. The van der Waals surface area contributed by atoms with Crippen molar-refractivity contribution >= 4 is 34.0 Å². The molecular formula is C28H30N2S. The second-order valence-corrected chi connectivity index (χ2v) is 9.62. The van der Waals surface area contributed by atoms with E-state index in [0.717, 1.165) is 13.0 Å². The van der Waals surface area contributed by atoms with E-state index in [0.29, 0.717) is 0 Å². The molecule has 1 aliphatic heterocycles. The maximum absolute atomic E-state index is 3.55. The first kappa shape index (κ1) is 20.3. The van der Waals surface area contributed by atoms with Crippen LogP contribution >= 0.6 is 11.8 Å². The molecule has 4 aromatic rings. The second-order valence-electron chi connectivity index (χ2n) is 8.54. The number of rotatable bonds is 7. The molecule has 5 rings (SSSR count). The number of anilines is 2. The van der Waals surface area contributed by atoms with Crippen LogP contribution in [0.15, 0.2) is 76.5 Å². The van der Waals surface area contributed by atoms with Gasteiger partial charge in [-0.1, -0.05) is 74.3 Å². The highest BCUT2D eigenvalue weighted by Crippen LogP contribution is 2.48. The fourth-order valence-corrected chi connectivity index (χ4v) is 5.85. The maximum atomic E-state index is 3.55. The molecule has 0 spiro atoms. The Balaban J connectivity index is 1.46. The average molecular weight is 427 g/mol. The monoisotopic (exact) mass is 426 g/mol. The summed E-state index contributed by atoms with van der Waals surface area (Å²) >= 11 is 1.92. The number of hydrogen-bond acceptors (Lipinski definition) is 2. The lowest BCUT2D eigenvalue weighted by atomic mass is 10.0. The van der Waals surface area contributed by atoms with Gasteiger partial charge in [-0.15, -0.1) is 0 Å². The molecule has 0 saturated carbocycles. The molecule has 0 amide bonds. The lowest BCUT2D eigenvalue weighted by Crippen LogP contribution is -2.22. The number of aromatic amines is 1. The van der Waals surface area contributed by atoms with E-state index in [1.165, 1.54) is 74.6 Å². The molecule has 31 heavy (non-hydrogen) atoms. The number of benzene rings is 3. The van der Waals surface area contributed by atoms with Gasteiger partial charge in [0.1, 0.15) is 0 Å². The summed E-state index contributed by atoms with van der Waals surface area (Å²) in [5, 5.41) is 1.34. The van der Waals surface area contributed by atoms with Gasteiger partial charge >= 0.3 is 0 Å². The number of para-hydroxylation sites is 2. The molecule has 0 aliphatic carbocycles. The summed E-state index contributed by atoms with van der Waals surface area (Å²) in [4.78, 5) is 8.83. The van der Waals surface area contributed by atoms with Gasteiger partial charge in [0.15, 0.2) is 0 Å². The lowest BCUT2D eigenvalue weighted by molar-refractivity contribution is 0.665. The standard InChI is InChI=1S/C28H30N2S/c1-3-4-5-10-17-30-25-13-8-9-14-27(25)31-28-19-21(15-16-26(28)30)18-23-20(2)29-24-12-7-6-11-22(23)24/h6-9,11-16,19,29H,3-5,10,17-18H2,1-2H3. The zero-order valence-electron chi connectivity index (χ0n) is 18.4. The molecule has 3 aromatic carbocycles. The Bertz CT molecular complexity index is 1210. The zero-order chi connectivity index (χ0) is 21.2. The highest BCUT2D eigenvalue weighted by Gasteiger charge is 2.23. The second kappa shape index (κ2) is 8.84. The molecule has 0 radical (unpaired) electrons. The minimum absolute atomic E-state index is 0.960. The molecule has 158 valence electrons. The third kappa shape index (κ3) is 3.99. The Morgan fingerprint density at radius 2 is 1.65 bits per heavy atom. The smallest absolute Gasteiger partial charge is 0.0553 e. The van der Waals surface area contributed by atoms with E-state index in [4.69, 9.17) is 0 Å². The van der Waals surface area contributed by atoms with Gasteiger partial charge in [0.05, 0.1) is 11.4 Å². The third-order valence-corrected chi connectivity index (χ3v) is 7.45. The SMILES string of the molecule is CCCCCCN1c2ccccc2Sc2cc(Cc3c(C)[nH]c4ccccc34)ccc21. The zero-order valence-corrected chi connectivity index (χ0v) is 19.3. The van der Waals surface area contributed by atoms with E-state index in [9.17, 15) is 0 Å². The van der Waals surface area contributed by atoms with Crippen molar-refractivity contribution in [2.24, 2.45) is 0 Å². The van der Waals surface area contributed by atoms with E-state index in [-0.39, 0.29) is 0 Å². The van der Waals surface area contributed by atoms with E-state index >= 15 is 0 Å². The van der Waals surface area contributed by atoms with Gasteiger partial charge in [-0.3, -0.25) is 0 Å². The number of nitrogens with one attached hydrogen (secondary N) is 1. The first-order chi connectivity index (χ1) is 15.2. The van der Waals surface area contributed by atoms with Gasteiger partial charge in [-0.25, -0.2) is 0 Å². The Kier molecular flexibility index (Phi) is 5.78. The summed E-state index contributed by atoms with van der Waals surface area (Å²) in [6.45, 7) is 5.56. The van der Waals surface area contributed by atoms with E-state index < -0.39 is 0 Å². The van der Waals surface area contributed by atoms with Gasteiger partial charge in [0.2, 0.25) is 0 Å². The largest absolute Gasteiger partial charge is 0.358 e. The number of fused-ring (bicyclic) bond motifs is 3. The quantitative estimate of drug-likeness (QED) is 0.300. The Hall–Kier alpha value is -2.65. The van der Waals surface area contributed by atoms with Gasteiger partial charge in [-0.05, 0) is 61.2 Å². The van der Waals surface area contributed by atoms with Crippen molar-refractivity contribution in [3.05, 3.63) is 83.6 Å². The predicted octanol–water partition coefficient (Wildman–Crippen LogP) is 8.25. The van der Waals surface area contributed by atoms with E-state index in [1.807, 2.05) is 11.8 Å². The first-order valence-electron chi connectivity index (χ1n) is 11.5. The summed E-state index contributed by atoms with van der Waals surface area (Å²) in [6.07, 6.45) is 6.10. The topological polar surface area (TPSA) is 19.0 Å². The highest BCUT2D eigenvalue weighted by molar-refractivity contribution is 7.99. The summed E-state index contributed by atoms with van der Waals surface area (Å²) in [5.74, 6) is 0. The van der Waals surface area contributed by atoms with Crippen LogP contribution in [0.5, 0.6) is 0 Å². The van der Waals surface area contributed by atoms with Crippen LogP contribution in [0.2, 0.25) is 0 Å². The van der Waals surface area contributed by atoms with Gasteiger partial charge in [0, 0.05) is 32.9 Å². The minimum atomic E-state index is 0.960. The molecule has 1 aliphatic rings. The molecule has 3 heteroatoms. The first-order valence-corrected chi connectivity index (χ1v) is 12.3. The summed E-state index contributed by atoms with van der Waals surface area (Å²) in [5.41, 5.74) is 8.01. The van der Waals surface area contributed by atoms with Crippen molar-refractivity contribution in [3.8, 4) is 0 Å². The number of H-pyrrole nitrogens is 1. The van der Waals surface area contributed by atoms with Crippen LogP contribution in [0.1, 0.15) is 49.4 Å². The number of aromatic nitrogens is 1. The molecule has 2 nitrogen and oxygen atoms in total. The van der Waals surface area contributed by atoms with Gasteiger partial charge in [0.25, 0.3) is 0 Å². The van der Waals surface area contributed by atoms with Crippen molar-refractivity contribution in [1.82, 2.24) is 4.98 Å². The van der Waals surface area contributed by atoms with Crippen molar-refractivity contribution in [1.29, 1.82) is 0 Å². The Morgan fingerprint density at radius 1 is 0.839 bits per heavy atom. The molecule has 0 atom stereocenters. The van der Waals surface area contributed by atoms with Crippen molar-refractivity contribution in [2.75, 3.05) is 11.4 Å². The third-order valence-electron chi connectivity index (χ3n) is 6.33.